The second kappa shape index (κ2) is 9.16. The van der Waals surface area contributed by atoms with Gasteiger partial charge >= 0.3 is 6.03 Å². The summed E-state index contributed by atoms with van der Waals surface area (Å²) in [5.74, 6) is -1.33. The molecule has 0 aromatic heterocycles. The minimum atomic E-state index is -0.826. The predicted octanol–water partition coefficient (Wildman–Crippen LogP) is 2.58. The number of hydrogen-bond acceptors (Lipinski definition) is 3. The van der Waals surface area contributed by atoms with Gasteiger partial charge in [-0.25, -0.2) is 13.6 Å². The molecule has 0 aliphatic carbocycles. The zero-order valence-electron chi connectivity index (χ0n) is 15.1. The van der Waals surface area contributed by atoms with E-state index >= 15 is 0 Å². The number of nitrogens with one attached hydrogen (secondary N) is 2. The summed E-state index contributed by atoms with van der Waals surface area (Å²) in [6.45, 7) is 6.22. The van der Waals surface area contributed by atoms with Gasteiger partial charge in [0.05, 0.1) is 0 Å². The zero-order chi connectivity index (χ0) is 18.4. The van der Waals surface area contributed by atoms with Gasteiger partial charge in [-0.05, 0) is 63.4 Å². The average Bonchev–Trinajstić information content (AvgIpc) is 3.31. The van der Waals surface area contributed by atoms with Gasteiger partial charge in [0.25, 0.3) is 0 Å². The van der Waals surface area contributed by atoms with Crippen molar-refractivity contribution in [3.63, 3.8) is 0 Å². The summed E-state index contributed by atoms with van der Waals surface area (Å²) in [7, 11) is 0. The fourth-order valence-electron chi connectivity index (χ4n) is 3.73. The Morgan fingerprint density at radius 2 is 1.92 bits per heavy atom. The van der Waals surface area contributed by atoms with Crippen molar-refractivity contribution in [1.29, 1.82) is 0 Å². The topological polar surface area (TPSA) is 47.6 Å². The van der Waals surface area contributed by atoms with Crippen LogP contribution in [0, 0.1) is 17.6 Å². The maximum atomic E-state index is 13.4. The number of urea groups is 1. The summed E-state index contributed by atoms with van der Waals surface area (Å²) in [5, 5.41) is 5.83. The first-order valence-corrected chi connectivity index (χ1v) is 9.56. The zero-order valence-corrected chi connectivity index (χ0v) is 15.1. The lowest BCUT2D eigenvalue weighted by atomic mass is 10.1. The van der Waals surface area contributed by atoms with E-state index in [4.69, 9.17) is 0 Å². The van der Waals surface area contributed by atoms with Crippen LogP contribution in [0.25, 0.3) is 0 Å². The highest BCUT2D eigenvalue weighted by Gasteiger charge is 2.23. The number of nitrogens with zero attached hydrogens (tertiary/aromatic N) is 2. The van der Waals surface area contributed by atoms with Crippen molar-refractivity contribution in [1.82, 2.24) is 15.5 Å². The lowest BCUT2D eigenvalue weighted by Gasteiger charge is -2.19. The summed E-state index contributed by atoms with van der Waals surface area (Å²) < 4.78 is 26.4. The number of rotatable bonds is 7. The van der Waals surface area contributed by atoms with Crippen molar-refractivity contribution in [3.8, 4) is 0 Å². The van der Waals surface area contributed by atoms with Gasteiger partial charge in [-0.2, -0.15) is 0 Å². The molecule has 1 atom stereocenters. The first-order valence-electron chi connectivity index (χ1n) is 9.56. The maximum absolute atomic E-state index is 13.4. The quantitative estimate of drug-likeness (QED) is 0.729. The summed E-state index contributed by atoms with van der Waals surface area (Å²) in [6.07, 6.45) is 4.47. The first-order chi connectivity index (χ1) is 12.6. The van der Waals surface area contributed by atoms with Gasteiger partial charge in [0.2, 0.25) is 0 Å². The largest absolute Gasteiger partial charge is 0.371 e. The number of likely N-dealkylation sites (tertiary alicyclic amines) is 1. The van der Waals surface area contributed by atoms with Gasteiger partial charge in [-0.15, -0.1) is 0 Å². The number of carbonyl (C=O) groups is 1. The van der Waals surface area contributed by atoms with Gasteiger partial charge < -0.3 is 20.4 Å². The Morgan fingerprint density at radius 1 is 1.12 bits per heavy atom. The third kappa shape index (κ3) is 5.30. The normalized spacial score (nSPS) is 20.5. The summed E-state index contributed by atoms with van der Waals surface area (Å²) in [4.78, 5) is 16.4. The Labute approximate surface area is 153 Å². The number of hydrogen-bond donors (Lipinski definition) is 2. The molecule has 0 bridgehead atoms. The van der Waals surface area contributed by atoms with Crippen LogP contribution in [0.15, 0.2) is 18.2 Å². The van der Waals surface area contributed by atoms with E-state index in [9.17, 15) is 13.6 Å². The molecule has 7 heteroatoms. The van der Waals surface area contributed by atoms with E-state index in [-0.39, 0.29) is 6.03 Å². The third-order valence-electron chi connectivity index (χ3n) is 5.24. The van der Waals surface area contributed by atoms with Crippen LogP contribution in [0.2, 0.25) is 0 Å². The SMILES string of the molecule is O=C(NCCCN1CCCC1)NCC1CCN(c2ccc(F)c(F)c2)C1. The molecule has 2 fully saturated rings. The molecule has 2 aliphatic heterocycles. The van der Waals surface area contributed by atoms with Crippen molar-refractivity contribution < 1.29 is 13.6 Å². The standard InChI is InChI=1S/C19H28F2N4O/c20-17-5-4-16(12-18(17)21)25-11-6-15(14-25)13-23-19(26)22-7-3-10-24-8-1-2-9-24/h4-5,12,15H,1-3,6-11,13-14H2,(H2,22,23,26). The average molecular weight is 366 g/mol. The molecule has 1 unspecified atom stereocenters. The summed E-state index contributed by atoms with van der Waals surface area (Å²) in [6, 6.07) is 3.86. The van der Waals surface area contributed by atoms with Crippen molar-refractivity contribution in [2.45, 2.75) is 25.7 Å². The lowest BCUT2D eigenvalue weighted by molar-refractivity contribution is 0.238. The number of anilines is 1. The highest BCUT2D eigenvalue weighted by Crippen LogP contribution is 2.24. The van der Waals surface area contributed by atoms with Gasteiger partial charge in [-0.3, -0.25) is 0 Å². The van der Waals surface area contributed by atoms with Crippen molar-refractivity contribution in [2.24, 2.45) is 5.92 Å². The van der Waals surface area contributed by atoms with Crippen LogP contribution in [-0.2, 0) is 0 Å². The minimum Gasteiger partial charge on any atom is -0.371 e. The van der Waals surface area contributed by atoms with Gasteiger partial charge in [0.15, 0.2) is 11.6 Å². The molecule has 0 saturated carbocycles. The summed E-state index contributed by atoms with van der Waals surface area (Å²) >= 11 is 0. The van der Waals surface area contributed by atoms with E-state index in [2.05, 4.69) is 15.5 Å². The minimum absolute atomic E-state index is 0.127. The molecule has 2 amide bonds. The highest BCUT2D eigenvalue weighted by atomic mass is 19.2. The Balaban J connectivity index is 1.31. The molecule has 2 N–H and O–H groups in total. The van der Waals surface area contributed by atoms with Crippen molar-refractivity contribution in [3.05, 3.63) is 29.8 Å². The fraction of sp³-hybridized carbons (Fsp3) is 0.632. The molecular formula is C19H28F2N4O. The molecule has 2 saturated heterocycles. The second-order valence-corrected chi connectivity index (χ2v) is 7.24. The Hall–Kier alpha value is -1.89. The van der Waals surface area contributed by atoms with Gasteiger partial charge in [0, 0.05) is 37.9 Å². The van der Waals surface area contributed by atoms with Gasteiger partial charge in [0.1, 0.15) is 0 Å². The van der Waals surface area contributed by atoms with Crippen LogP contribution in [0.4, 0.5) is 19.3 Å². The molecule has 5 nitrogen and oxygen atoms in total. The number of halogens is 2. The molecule has 2 heterocycles. The summed E-state index contributed by atoms with van der Waals surface area (Å²) in [5.41, 5.74) is 0.692. The molecule has 26 heavy (non-hydrogen) atoms. The van der Waals surface area contributed by atoms with E-state index in [1.54, 1.807) is 6.07 Å². The highest BCUT2D eigenvalue weighted by molar-refractivity contribution is 5.73. The molecular weight excluding hydrogens is 338 g/mol. The van der Waals surface area contributed by atoms with E-state index in [0.717, 1.165) is 38.5 Å². The Bertz CT molecular complexity index is 607. The number of benzene rings is 1. The van der Waals surface area contributed by atoms with E-state index in [0.29, 0.717) is 24.7 Å². The first kappa shape index (κ1) is 18.9. The molecule has 0 radical (unpaired) electrons. The molecule has 144 valence electrons. The van der Waals surface area contributed by atoms with Crippen LogP contribution in [-0.4, -0.2) is 56.7 Å². The van der Waals surface area contributed by atoms with Crippen LogP contribution in [0.5, 0.6) is 0 Å². The van der Waals surface area contributed by atoms with Crippen molar-refractivity contribution >= 4 is 11.7 Å². The monoisotopic (exact) mass is 366 g/mol. The maximum Gasteiger partial charge on any atom is 0.314 e. The van der Waals surface area contributed by atoms with Gasteiger partial charge in [-0.1, -0.05) is 0 Å². The molecule has 3 rings (SSSR count). The van der Waals surface area contributed by atoms with E-state index < -0.39 is 11.6 Å². The molecule has 0 spiro atoms. The predicted molar refractivity (Wildman–Crippen MR) is 98.4 cm³/mol. The van der Waals surface area contributed by atoms with E-state index in [1.807, 2.05) is 4.90 Å². The molecule has 2 aliphatic rings. The fourth-order valence-corrected chi connectivity index (χ4v) is 3.73. The van der Waals surface area contributed by atoms with Crippen molar-refractivity contribution in [2.75, 3.05) is 50.7 Å². The number of amides is 2. The third-order valence-corrected chi connectivity index (χ3v) is 5.24. The lowest BCUT2D eigenvalue weighted by Crippen LogP contribution is -2.39. The molecule has 1 aromatic rings. The van der Waals surface area contributed by atoms with Crippen LogP contribution in [0.1, 0.15) is 25.7 Å². The van der Waals surface area contributed by atoms with Crippen LogP contribution in [0.3, 0.4) is 0 Å². The van der Waals surface area contributed by atoms with Crippen LogP contribution < -0.4 is 15.5 Å². The molecule has 1 aromatic carbocycles. The Kier molecular flexibility index (Phi) is 6.66. The number of carbonyl (C=O) groups excluding carboxylic acids is 1. The second-order valence-electron chi connectivity index (χ2n) is 7.24. The van der Waals surface area contributed by atoms with E-state index in [1.165, 1.54) is 32.0 Å². The van der Waals surface area contributed by atoms with Crippen LogP contribution >= 0.6 is 0 Å². The smallest absolute Gasteiger partial charge is 0.314 e. The Morgan fingerprint density at radius 3 is 2.69 bits per heavy atom.